The molecule has 1 aliphatic heterocycles. The zero-order chi connectivity index (χ0) is 11.9. The molecule has 7 heteroatoms. The van der Waals surface area contributed by atoms with Gasteiger partial charge >= 0.3 is 10.4 Å². The first kappa shape index (κ1) is 14.2. The molecule has 90 valence electrons. The highest BCUT2D eigenvalue weighted by atomic mass is 32.3. The summed E-state index contributed by atoms with van der Waals surface area (Å²) < 4.78 is 31.6. The van der Waals surface area contributed by atoms with Crippen LogP contribution in [0.2, 0.25) is 0 Å². The predicted octanol–water partition coefficient (Wildman–Crippen LogP) is 0.810. The Labute approximate surface area is 90.8 Å². The van der Waals surface area contributed by atoms with Crippen LogP contribution in [0.1, 0.15) is 20.3 Å². The van der Waals surface area contributed by atoms with Gasteiger partial charge in [-0.1, -0.05) is 6.92 Å². The first-order valence-electron chi connectivity index (χ1n) is 4.73. The molecule has 0 saturated heterocycles. The van der Waals surface area contributed by atoms with Gasteiger partial charge in [0.15, 0.2) is 0 Å². The fourth-order valence-electron chi connectivity index (χ4n) is 1.15. The van der Waals surface area contributed by atoms with Crippen molar-refractivity contribution in [3.05, 3.63) is 12.4 Å². The van der Waals surface area contributed by atoms with E-state index in [1.54, 1.807) is 0 Å². The van der Waals surface area contributed by atoms with Crippen molar-refractivity contribution in [1.82, 2.24) is 9.80 Å². The Bertz CT molecular complexity index is 281. The summed E-state index contributed by atoms with van der Waals surface area (Å²) in [5.41, 5.74) is 0. The van der Waals surface area contributed by atoms with Crippen molar-refractivity contribution >= 4 is 10.4 Å². The molecule has 0 saturated carbocycles. The fourth-order valence-corrected chi connectivity index (χ4v) is 1.15. The molecular weight excluding hydrogens is 220 g/mol. The molecule has 0 aromatic rings. The number of hydrogen-bond donors (Lipinski definition) is 2. The van der Waals surface area contributed by atoms with Crippen LogP contribution in [0.4, 0.5) is 0 Å². The lowest BCUT2D eigenvalue weighted by Crippen LogP contribution is -2.25. The molecule has 15 heavy (non-hydrogen) atoms. The summed E-state index contributed by atoms with van der Waals surface area (Å²) in [6.45, 7) is 7.79. The maximum atomic E-state index is 8.74. The van der Waals surface area contributed by atoms with Crippen molar-refractivity contribution in [2.45, 2.75) is 20.3 Å². The molecule has 0 spiro atoms. The van der Waals surface area contributed by atoms with Gasteiger partial charge in [0.2, 0.25) is 0 Å². The quantitative estimate of drug-likeness (QED) is 0.708. The van der Waals surface area contributed by atoms with Gasteiger partial charge in [0.05, 0.1) is 6.67 Å². The minimum Gasteiger partial charge on any atom is -0.359 e. The molecule has 0 unspecified atom stereocenters. The van der Waals surface area contributed by atoms with Crippen LogP contribution in [0.25, 0.3) is 0 Å². The summed E-state index contributed by atoms with van der Waals surface area (Å²) >= 11 is 0. The van der Waals surface area contributed by atoms with Gasteiger partial charge in [-0.2, -0.15) is 8.42 Å². The maximum absolute atomic E-state index is 8.74. The molecule has 0 aromatic heterocycles. The third kappa shape index (κ3) is 9.51. The monoisotopic (exact) mass is 238 g/mol. The van der Waals surface area contributed by atoms with E-state index < -0.39 is 10.4 Å². The predicted molar refractivity (Wildman–Crippen MR) is 57.6 cm³/mol. The van der Waals surface area contributed by atoms with Gasteiger partial charge in [0.1, 0.15) is 0 Å². The first-order chi connectivity index (χ1) is 6.86. The summed E-state index contributed by atoms with van der Waals surface area (Å²) in [5.74, 6) is 0. The van der Waals surface area contributed by atoms with E-state index >= 15 is 0 Å². The largest absolute Gasteiger partial charge is 0.394 e. The number of nitrogens with zero attached hydrogens (tertiary/aromatic N) is 2. The average molecular weight is 238 g/mol. The molecule has 0 aliphatic carbocycles. The van der Waals surface area contributed by atoms with E-state index in [0.717, 1.165) is 13.2 Å². The second-order valence-corrected chi connectivity index (χ2v) is 4.00. The van der Waals surface area contributed by atoms with Gasteiger partial charge in [-0.3, -0.25) is 9.11 Å². The Balaban J connectivity index is 0.000000336. The lowest BCUT2D eigenvalue weighted by Gasteiger charge is -2.18. The molecule has 1 aliphatic rings. The minimum absolute atomic E-state index is 1.09. The molecule has 2 N–H and O–H groups in total. The lowest BCUT2D eigenvalue weighted by molar-refractivity contribution is 0.273. The Hall–Kier alpha value is -0.790. The Morgan fingerprint density at radius 2 is 1.67 bits per heavy atom. The fraction of sp³-hybridized carbons (Fsp3) is 0.750. The standard InChI is InChI=1S/C8H16N2.H2O4S/c1-3-5-10-7-6-9(4-2)8-10;1-5(2,3)4/h6-7H,3-5,8H2,1-2H3;(H2,1,2,3,4). The van der Waals surface area contributed by atoms with Gasteiger partial charge in [0.25, 0.3) is 0 Å². The first-order valence-corrected chi connectivity index (χ1v) is 6.12. The minimum atomic E-state index is -4.67. The molecule has 0 bridgehead atoms. The van der Waals surface area contributed by atoms with E-state index in [9.17, 15) is 0 Å². The van der Waals surface area contributed by atoms with Gasteiger partial charge < -0.3 is 9.80 Å². The van der Waals surface area contributed by atoms with Crippen LogP contribution < -0.4 is 0 Å². The molecule has 0 radical (unpaired) electrons. The van der Waals surface area contributed by atoms with E-state index in [2.05, 4.69) is 36.0 Å². The van der Waals surface area contributed by atoms with E-state index in [1.165, 1.54) is 13.0 Å². The van der Waals surface area contributed by atoms with E-state index in [1.807, 2.05) is 0 Å². The van der Waals surface area contributed by atoms with Crippen LogP contribution in [0.15, 0.2) is 12.4 Å². The number of rotatable bonds is 3. The van der Waals surface area contributed by atoms with Gasteiger partial charge in [0, 0.05) is 25.5 Å². The molecule has 6 nitrogen and oxygen atoms in total. The second kappa shape index (κ2) is 6.65. The second-order valence-electron chi connectivity index (χ2n) is 3.10. The molecule has 0 aromatic carbocycles. The van der Waals surface area contributed by atoms with Gasteiger partial charge in [-0.15, -0.1) is 0 Å². The summed E-state index contributed by atoms with van der Waals surface area (Å²) in [6, 6.07) is 0. The molecule has 0 atom stereocenters. The summed E-state index contributed by atoms with van der Waals surface area (Å²) in [5, 5.41) is 0. The van der Waals surface area contributed by atoms with Crippen LogP contribution in [0.3, 0.4) is 0 Å². The van der Waals surface area contributed by atoms with Crippen LogP contribution in [0, 0.1) is 0 Å². The molecule has 1 rings (SSSR count). The normalized spacial score (nSPS) is 15.2. The van der Waals surface area contributed by atoms with Gasteiger partial charge in [-0.25, -0.2) is 0 Å². The zero-order valence-corrected chi connectivity index (χ0v) is 9.81. The molecular formula is C8H18N2O4S. The topological polar surface area (TPSA) is 81.1 Å². The average Bonchev–Trinajstić information content (AvgIpc) is 2.50. The van der Waals surface area contributed by atoms with E-state index in [4.69, 9.17) is 17.5 Å². The van der Waals surface area contributed by atoms with Crippen LogP contribution in [-0.4, -0.2) is 47.1 Å². The van der Waals surface area contributed by atoms with Crippen molar-refractivity contribution in [2.24, 2.45) is 0 Å². The maximum Gasteiger partial charge on any atom is 0.394 e. The van der Waals surface area contributed by atoms with Crippen molar-refractivity contribution in [1.29, 1.82) is 0 Å². The van der Waals surface area contributed by atoms with E-state index in [-0.39, 0.29) is 0 Å². The third-order valence-electron chi connectivity index (χ3n) is 1.77. The highest BCUT2D eigenvalue weighted by Crippen LogP contribution is 2.05. The highest BCUT2D eigenvalue weighted by molar-refractivity contribution is 7.79. The molecule has 1 heterocycles. The smallest absolute Gasteiger partial charge is 0.359 e. The lowest BCUT2D eigenvalue weighted by atomic mass is 10.4. The van der Waals surface area contributed by atoms with Crippen LogP contribution in [0.5, 0.6) is 0 Å². The number of hydrogen-bond acceptors (Lipinski definition) is 4. The van der Waals surface area contributed by atoms with E-state index in [0.29, 0.717) is 0 Å². The zero-order valence-electron chi connectivity index (χ0n) is 9.00. The third-order valence-corrected chi connectivity index (χ3v) is 1.77. The highest BCUT2D eigenvalue weighted by Gasteiger charge is 2.07. The Morgan fingerprint density at radius 1 is 1.20 bits per heavy atom. The van der Waals surface area contributed by atoms with Crippen molar-refractivity contribution < 1.29 is 17.5 Å². The summed E-state index contributed by atoms with van der Waals surface area (Å²) in [6.07, 6.45) is 5.57. The van der Waals surface area contributed by atoms with Crippen molar-refractivity contribution in [3.63, 3.8) is 0 Å². The summed E-state index contributed by atoms with van der Waals surface area (Å²) in [4.78, 5) is 4.64. The van der Waals surface area contributed by atoms with Crippen LogP contribution in [-0.2, 0) is 10.4 Å². The Kier molecular flexibility index (Phi) is 6.30. The summed E-state index contributed by atoms with van der Waals surface area (Å²) in [7, 11) is -4.67. The molecule has 0 amide bonds. The SMILES string of the molecule is CCCN1C=CN(CC)C1.O=S(=O)(O)O. The Morgan fingerprint density at radius 3 is 2.00 bits per heavy atom. The van der Waals surface area contributed by atoms with Crippen molar-refractivity contribution in [3.8, 4) is 0 Å². The van der Waals surface area contributed by atoms with Crippen molar-refractivity contribution in [2.75, 3.05) is 19.8 Å². The van der Waals surface area contributed by atoms with Crippen LogP contribution >= 0.6 is 0 Å². The van der Waals surface area contributed by atoms with Gasteiger partial charge in [-0.05, 0) is 13.3 Å². The molecule has 0 fully saturated rings.